The summed E-state index contributed by atoms with van der Waals surface area (Å²) in [5, 5.41) is 21.2. The second-order valence-corrected chi connectivity index (χ2v) is 8.39. The third kappa shape index (κ3) is 5.02. The van der Waals surface area contributed by atoms with Gasteiger partial charge in [-0.2, -0.15) is 0 Å². The van der Waals surface area contributed by atoms with E-state index in [0.717, 1.165) is 43.9 Å². The average molecular weight is 402 g/mol. The number of rotatable bonds is 3. The summed E-state index contributed by atoms with van der Waals surface area (Å²) in [4.78, 5) is 16.1. The molecular weight excluding hydrogens is 374 g/mol. The van der Waals surface area contributed by atoms with Crippen molar-refractivity contribution < 1.29 is 15.0 Å². The van der Waals surface area contributed by atoms with Crippen LogP contribution in [-0.4, -0.2) is 26.8 Å². The zero-order valence-corrected chi connectivity index (χ0v) is 17.8. The molecule has 0 saturated heterocycles. The minimum atomic E-state index is -0.826. The van der Waals surface area contributed by atoms with Crippen molar-refractivity contribution in [2.45, 2.75) is 39.7 Å². The van der Waals surface area contributed by atoms with E-state index in [4.69, 9.17) is 5.11 Å². The summed E-state index contributed by atoms with van der Waals surface area (Å²) in [7, 11) is 0. The Hall–Kier alpha value is -3.24. The second-order valence-electron chi connectivity index (χ2n) is 8.39. The third-order valence-electron chi connectivity index (χ3n) is 4.61. The van der Waals surface area contributed by atoms with Crippen molar-refractivity contribution >= 4 is 27.6 Å². The Kier molecular flexibility index (Phi) is 6.18. The molecule has 4 heteroatoms. The normalized spacial score (nSPS) is 11.2. The van der Waals surface area contributed by atoms with Crippen LogP contribution in [0.5, 0.6) is 0 Å². The van der Waals surface area contributed by atoms with Crippen LogP contribution in [0.2, 0.25) is 0 Å². The van der Waals surface area contributed by atoms with E-state index < -0.39 is 11.6 Å². The molecule has 4 aromatic rings. The fourth-order valence-electron chi connectivity index (χ4n) is 3.52. The first-order valence-corrected chi connectivity index (χ1v) is 9.94. The van der Waals surface area contributed by atoms with Crippen molar-refractivity contribution in [2.24, 2.45) is 0 Å². The van der Waals surface area contributed by atoms with Crippen molar-refractivity contribution in [3.05, 3.63) is 78.0 Å². The number of aliphatic hydroxyl groups is 1. The van der Waals surface area contributed by atoms with E-state index in [1.54, 1.807) is 27.0 Å². The molecule has 0 saturated carbocycles. The number of nitrogens with zero attached hydrogens (tertiary/aromatic N) is 1. The van der Waals surface area contributed by atoms with Crippen LogP contribution in [0.3, 0.4) is 0 Å². The Morgan fingerprint density at radius 1 is 0.967 bits per heavy atom. The van der Waals surface area contributed by atoms with Crippen molar-refractivity contribution in [1.29, 1.82) is 0 Å². The monoisotopic (exact) mass is 401 g/mol. The lowest BCUT2D eigenvalue weighted by atomic mass is 9.87. The number of hydrogen-bond donors (Lipinski definition) is 2. The molecule has 2 N–H and O–H groups in total. The van der Waals surface area contributed by atoms with Crippen LogP contribution in [0.25, 0.3) is 32.8 Å². The minimum Gasteiger partial charge on any atom is -0.481 e. The smallest absolute Gasteiger partial charge is 0.307 e. The molecule has 0 fully saturated rings. The molecule has 4 nitrogen and oxygen atoms in total. The maximum atomic E-state index is 11.5. The van der Waals surface area contributed by atoms with E-state index in [2.05, 4.69) is 23.2 Å². The van der Waals surface area contributed by atoms with E-state index in [1.165, 1.54) is 0 Å². The van der Waals surface area contributed by atoms with Gasteiger partial charge < -0.3 is 10.2 Å². The number of hydrogen-bond acceptors (Lipinski definition) is 3. The lowest BCUT2D eigenvalue weighted by molar-refractivity contribution is -0.136. The van der Waals surface area contributed by atoms with E-state index in [-0.39, 0.29) is 6.42 Å². The molecule has 1 aromatic heterocycles. The van der Waals surface area contributed by atoms with Gasteiger partial charge in [-0.15, -0.1) is 0 Å². The summed E-state index contributed by atoms with van der Waals surface area (Å²) >= 11 is 0. The highest BCUT2D eigenvalue weighted by molar-refractivity contribution is 6.06. The molecule has 0 radical (unpaired) electrons. The van der Waals surface area contributed by atoms with Gasteiger partial charge in [0.05, 0.1) is 17.5 Å². The standard InChI is InChI=1S/C22H17NO2.C4H10O/c1-14-12-16-6-2-3-9-17(16)21(19(14)13-20(24)25)18-10-4-7-15-8-5-11-23-22(15)18;1-4(2,3)5/h2-12H,13H2,1H3,(H,24,25);5H,1-3H3. The predicted octanol–water partition coefficient (Wildman–Crippen LogP) is 5.77. The summed E-state index contributed by atoms with van der Waals surface area (Å²) in [6.45, 7) is 7.21. The molecular formula is C26H27NO3. The second kappa shape index (κ2) is 8.64. The number of carboxylic acid groups (broad SMARTS) is 1. The number of carboxylic acids is 1. The fraction of sp³-hybridized carbons (Fsp3) is 0.231. The largest absolute Gasteiger partial charge is 0.481 e. The Balaban J connectivity index is 0.000000461. The van der Waals surface area contributed by atoms with Gasteiger partial charge in [0.1, 0.15) is 0 Å². The molecule has 30 heavy (non-hydrogen) atoms. The van der Waals surface area contributed by atoms with E-state index in [0.29, 0.717) is 0 Å². The van der Waals surface area contributed by atoms with Crippen molar-refractivity contribution in [3.8, 4) is 11.1 Å². The number of benzene rings is 3. The average Bonchev–Trinajstić information content (AvgIpc) is 2.67. The number of carbonyl (C=O) groups is 1. The number of aromatic nitrogens is 1. The molecule has 154 valence electrons. The fourth-order valence-corrected chi connectivity index (χ4v) is 3.52. The molecule has 0 spiro atoms. The van der Waals surface area contributed by atoms with Gasteiger partial charge in [0.25, 0.3) is 0 Å². The van der Waals surface area contributed by atoms with E-state index in [9.17, 15) is 9.90 Å². The van der Waals surface area contributed by atoms with Crippen LogP contribution in [-0.2, 0) is 11.2 Å². The van der Waals surface area contributed by atoms with Gasteiger partial charge >= 0.3 is 5.97 Å². The number of aliphatic carboxylic acids is 1. The molecule has 0 aliphatic rings. The van der Waals surface area contributed by atoms with Crippen LogP contribution in [0.1, 0.15) is 31.9 Å². The molecule has 0 bridgehead atoms. The van der Waals surface area contributed by atoms with E-state index in [1.807, 2.05) is 49.4 Å². The van der Waals surface area contributed by atoms with Crippen molar-refractivity contribution in [3.63, 3.8) is 0 Å². The van der Waals surface area contributed by atoms with Gasteiger partial charge in [-0.1, -0.05) is 54.6 Å². The quantitative estimate of drug-likeness (QED) is 0.457. The maximum Gasteiger partial charge on any atom is 0.307 e. The summed E-state index contributed by atoms with van der Waals surface area (Å²) in [5.74, 6) is -0.826. The van der Waals surface area contributed by atoms with Gasteiger partial charge in [-0.25, -0.2) is 0 Å². The zero-order chi connectivity index (χ0) is 21.9. The van der Waals surface area contributed by atoms with Gasteiger partial charge in [0.15, 0.2) is 0 Å². The summed E-state index contributed by atoms with van der Waals surface area (Å²) in [6, 6.07) is 20.2. The maximum absolute atomic E-state index is 11.5. The minimum absolute atomic E-state index is 0.00474. The topological polar surface area (TPSA) is 70.4 Å². The van der Waals surface area contributed by atoms with Gasteiger partial charge in [0.2, 0.25) is 0 Å². The highest BCUT2D eigenvalue weighted by atomic mass is 16.4. The number of aryl methyl sites for hydroxylation is 1. The summed E-state index contributed by atoms with van der Waals surface area (Å²) < 4.78 is 0. The molecule has 0 amide bonds. The Morgan fingerprint density at radius 2 is 1.60 bits per heavy atom. The lowest BCUT2D eigenvalue weighted by Gasteiger charge is -2.17. The molecule has 3 aromatic carbocycles. The van der Waals surface area contributed by atoms with Crippen molar-refractivity contribution in [2.75, 3.05) is 0 Å². The highest BCUT2D eigenvalue weighted by Crippen LogP contribution is 2.37. The van der Waals surface area contributed by atoms with Gasteiger partial charge in [-0.3, -0.25) is 9.78 Å². The van der Waals surface area contributed by atoms with Crippen molar-refractivity contribution in [1.82, 2.24) is 4.98 Å². The number of para-hydroxylation sites is 1. The summed E-state index contributed by atoms with van der Waals surface area (Å²) in [6.07, 6.45) is 1.77. The van der Waals surface area contributed by atoms with Gasteiger partial charge in [0, 0.05) is 17.1 Å². The summed E-state index contributed by atoms with van der Waals surface area (Å²) in [5.41, 5.74) is 4.19. The molecule has 0 unspecified atom stereocenters. The molecule has 0 aliphatic heterocycles. The number of fused-ring (bicyclic) bond motifs is 2. The lowest BCUT2D eigenvalue weighted by Crippen LogP contribution is -2.10. The van der Waals surface area contributed by atoms with Crippen LogP contribution < -0.4 is 0 Å². The Bertz CT molecular complexity index is 1190. The molecule has 1 heterocycles. The van der Waals surface area contributed by atoms with E-state index >= 15 is 0 Å². The molecule has 0 atom stereocenters. The number of pyridine rings is 1. The van der Waals surface area contributed by atoms with Crippen LogP contribution in [0.15, 0.2) is 66.9 Å². The molecule has 4 rings (SSSR count). The van der Waals surface area contributed by atoms with Gasteiger partial charge in [-0.05, 0) is 61.2 Å². The predicted molar refractivity (Wildman–Crippen MR) is 123 cm³/mol. The van der Waals surface area contributed by atoms with Crippen LogP contribution in [0, 0.1) is 6.92 Å². The molecule has 0 aliphatic carbocycles. The first-order chi connectivity index (χ1) is 14.1. The first-order valence-electron chi connectivity index (χ1n) is 9.94. The third-order valence-corrected chi connectivity index (χ3v) is 4.61. The van der Waals surface area contributed by atoms with Crippen LogP contribution in [0.4, 0.5) is 0 Å². The Labute approximate surface area is 176 Å². The zero-order valence-electron chi connectivity index (χ0n) is 17.8. The Morgan fingerprint density at radius 3 is 2.30 bits per heavy atom. The highest BCUT2D eigenvalue weighted by Gasteiger charge is 2.17. The first kappa shape index (κ1) is 21.5. The van der Waals surface area contributed by atoms with Crippen LogP contribution >= 0.6 is 0 Å². The SMILES string of the molecule is CC(C)(C)O.Cc1cc2ccccc2c(-c2cccc3cccnc23)c1CC(=O)O.